The molecule has 2 N–H and O–H groups in total. The molecule has 0 saturated heterocycles. The van der Waals surface area contributed by atoms with Crippen LogP contribution in [0.15, 0.2) is 48.5 Å². The molecule has 0 aromatic heterocycles. The number of hydrogen-bond acceptors (Lipinski definition) is 1. The molecule has 16 heavy (non-hydrogen) atoms. The fourth-order valence-corrected chi connectivity index (χ4v) is 2.23. The summed E-state index contributed by atoms with van der Waals surface area (Å²) < 4.78 is 0. The van der Waals surface area contributed by atoms with Crippen LogP contribution in [-0.4, -0.2) is 0 Å². The zero-order valence-corrected chi connectivity index (χ0v) is 9.33. The highest BCUT2D eigenvalue weighted by Gasteiger charge is 2.01. The molecule has 0 fully saturated rings. The van der Waals surface area contributed by atoms with Gasteiger partial charge in [0.2, 0.25) is 0 Å². The van der Waals surface area contributed by atoms with Crippen molar-refractivity contribution < 1.29 is 0 Å². The summed E-state index contributed by atoms with van der Waals surface area (Å²) in [5.41, 5.74) is 6.61. The molecule has 0 atom stereocenters. The standard InChI is InChI=1S/C14H10ClN/c15-11-4-6-13-10(7-11)2-1-9-3-5-12(16)8-14(9)13/h1-8H,16H2. The van der Waals surface area contributed by atoms with E-state index in [4.69, 9.17) is 17.3 Å². The minimum Gasteiger partial charge on any atom is -0.399 e. The maximum absolute atomic E-state index is 5.98. The van der Waals surface area contributed by atoms with Crippen LogP contribution in [0.4, 0.5) is 5.69 Å². The Morgan fingerprint density at radius 3 is 2.38 bits per heavy atom. The molecule has 3 rings (SSSR count). The molecule has 0 aliphatic heterocycles. The largest absolute Gasteiger partial charge is 0.399 e. The van der Waals surface area contributed by atoms with Gasteiger partial charge in [-0.3, -0.25) is 0 Å². The van der Waals surface area contributed by atoms with Crippen molar-refractivity contribution in [2.24, 2.45) is 0 Å². The monoisotopic (exact) mass is 227 g/mol. The Hall–Kier alpha value is -1.73. The van der Waals surface area contributed by atoms with Crippen molar-refractivity contribution in [1.29, 1.82) is 0 Å². The fraction of sp³-hybridized carbons (Fsp3) is 0. The van der Waals surface area contributed by atoms with Gasteiger partial charge in [0.15, 0.2) is 0 Å². The SMILES string of the molecule is Nc1ccc2ccc3cc(Cl)ccc3c2c1. The van der Waals surface area contributed by atoms with Crippen molar-refractivity contribution >= 4 is 38.8 Å². The first-order chi connectivity index (χ1) is 7.74. The molecule has 0 heterocycles. The molecular formula is C14H10ClN. The molecule has 0 saturated carbocycles. The van der Waals surface area contributed by atoms with Crippen LogP contribution in [0.2, 0.25) is 5.02 Å². The summed E-state index contributed by atoms with van der Waals surface area (Å²) in [6, 6.07) is 16.1. The number of hydrogen-bond donors (Lipinski definition) is 1. The summed E-state index contributed by atoms with van der Waals surface area (Å²) in [4.78, 5) is 0. The van der Waals surface area contributed by atoms with Gasteiger partial charge in [0, 0.05) is 10.7 Å². The molecule has 78 valence electrons. The lowest BCUT2D eigenvalue weighted by atomic mass is 10.0. The van der Waals surface area contributed by atoms with Crippen molar-refractivity contribution in [2.75, 3.05) is 5.73 Å². The maximum atomic E-state index is 5.98. The van der Waals surface area contributed by atoms with Crippen molar-refractivity contribution in [3.05, 3.63) is 53.6 Å². The summed E-state index contributed by atoms with van der Waals surface area (Å²) in [7, 11) is 0. The summed E-state index contributed by atoms with van der Waals surface area (Å²) in [5, 5.41) is 5.47. The second-order valence-electron chi connectivity index (χ2n) is 3.91. The van der Waals surface area contributed by atoms with Crippen molar-refractivity contribution in [2.45, 2.75) is 0 Å². The van der Waals surface area contributed by atoms with E-state index in [-0.39, 0.29) is 0 Å². The summed E-state index contributed by atoms with van der Waals surface area (Å²) in [6.07, 6.45) is 0. The van der Waals surface area contributed by atoms with Gasteiger partial charge in [0.1, 0.15) is 0 Å². The van der Waals surface area contributed by atoms with E-state index in [0.29, 0.717) is 0 Å². The van der Waals surface area contributed by atoms with Crippen LogP contribution >= 0.6 is 11.6 Å². The van der Waals surface area contributed by atoms with Crippen molar-refractivity contribution in [3.8, 4) is 0 Å². The van der Waals surface area contributed by atoms with Crippen LogP contribution < -0.4 is 5.73 Å². The summed E-state index contributed by atoms with van der Waals surface area (Å²) in [5.74, 6) is 0. The Labute approximate surface area is 98.4 Å². The number of anilines is 1. The van der Waals surface area contributed by atoms with E-state index in [2.05, 4.69) is 12.1 Å². The fourth-order valence-electron chi connectivity index (χ4n) is 2.05. The summed E-state index contributed by atoms with van der Waals surface area (Å²) in [6.45, 7) is 0. The van der Waals surface area contributed by atoms with E-state index < -0.39 is 0 Å². The van der Waals surface area contributed by atoms with Gasteiger partial charge in [-0.15, -0.1) is 0 Å². The van der Waals surface area contributed by atoms with Crippen molar-refractivity contribution in [3.63, 3.8) is 0 Å². The van der Waals surface area contributed by atoms with E-state index in [9.17, 15) is 0 Å². The molecule has 2 heteroatoms. The number of nitrogens with two attached hydrogens (primary N) is 1. The lowest BCUT2D eigenvalue weighted by Crippen LogP contribution is -1.84. The third-order valence-corrected chi connectivity index (χ3v) is 3.06. The first kappa shape index (κ1) is 9.49. The molecule has 0 bridgehead atoms. The molecule has 1 nitrogen and oxygen atoms in total. The molecule has 0 aliphatic carbocycles. The van der Waals surface area contributed by atoms with Crippen LogP contribution in [0.5, 0.6) is 0 Å². The zero-order chi connectivity index (χ0) is 11.1. The van der Waals surface area contributed by atoms with Gasteiger partial charge in [-0.1, -0.05) is 35.9 Å². The highest BCUT2D eigenvalue weighted by atomic mass is 35.5. The quantitative estimate of drug-likeness (QED) is 0.451. The molecule has 0 unspecified atom stereocenters. The van der Waals surface area contributed by atoms with Gasteiger partial charge >= 0.3 is 0 Å². The van der Waals surface area contributed by atoms with E-state index in [1.807, 2.05) is 36.4 Å². The smallest absolute Gasteiger partial charge is 0.0412 e. The molecule has 0 amide bonds. The molecular weight excluding hydrogens is 218 g/mol. The van der Waals surface area contributed by atoms with Gasteiger partial charge < -0.3 is 5.73 Å². The predicted octanol–water partition coefficient (Wildman–Crippen LogP) is 4.23. The van der Waals surface area contributed by atoms with E-state index in [0.717, 1.165) is 16.1 Å². The Balaban J connectivity index is 2.52. The van der Waals surface area contributed by atoms with Gasteiger partial charge in [-0.2, -0.15) is 0 Å². The first-order valence-electron chi connectivity index (χ1n) is 5.11. The highest BCUT2D eigenvalue weighted by Crippen LogP contribution is 2.28. The number of fused-ring (bicyclic) bond motifs is 3. The van der Waals surface area contributed by atoms with Crippen LogP contribution in [0.1, 0.15) is 0 Å². The highest BCUT2D eigenvalue weighted by molar-refractivity contribution is 6.31. The third kappa shape index (κ3) is 1.41. The second-order valence-corrected chi connectivity index (χ2v) is 4.35. The Morgan fingerprint density at radius 1 is 0.750 bits per heavy atom. The molecule has 0 radical (unpaired) electrons. The lowest BCUT2D eigenvalue weighted by Gasteiger charge is -2.05. The molecule has 3 aromatic carbocycles. The van der Waals surface area contributed by atoms with Gasteiger partial charge in [0.25, 0.3) is 0 Å². The van der Waals surface area contributed by atoms with Gasteiger partial charge in [0.05, 0.1) is 0 Å². The Bertz CT molecular complexity index is 689. The molecule has 0 aliphatic rings. The normalized spacial score (nSPS) is 11.1. The van der Waals surface area contributed by atoms with Crippen molar-refractivity contribution in [1.82, 2.24) is 0 Å². The van der Waals surface area contributed by atoms with Crippen LogP contribution in [0, 0.1) is 0 Å². The van der Waals surface area contributed by atoms with E-state index in [1.165, 1.54) is 16.2 Å². The predicted molar refractivity (Wildman–Crippen MR) is 70.9 cm³/mol. The minimum absolute atomic E-state index is 0.760. The third-order valence-electron chi connectivity index (χ3n) is 2.82. The maximum Gasteiger partial charge on any atom is 0.0412 e. The number of nitrogen functional groups attached to an aromatic ring is 1. The second kappa shape index (κ2) is 3.39. The average Bonchev–Trinajstić information content (AvgIpc) is 2.28. The first-order valence-corrected chi connectivity index (χ1v) is 5.49. The molecule has 3 aromatic rings. The topological polar surface area (TPSA) is 26.0 Å². The van der Waals surface area contributed by atoms with Gasteiger partial charge in [-0.25, -0.2) is 0 Å². The number of benzene rings is 3. The van der Waals surface area contributed by atoms with E-state index in [1.54, 1.807) is 0 Å². The van der Waals surface area contributed by atoms with Crippen LogP contribution in [0.3, 0.4) is 0 Å². The lowest BCUT2D eigenvalue weighted by molar-refractivity contribution is 1.74. The molecule has 0 spiro atoms. The minimum atomic E-state index is 0.760. The number of rotatable bonds is 0. The zero-order valence-electron chi connectivity index (χ0n) is 8.57. The van der Waals surface area contributed by atoms with Crippen LogP contribution in [-0.2, 0) is 0 Å². The number of halogens is 1. The van der Waals surface area contributed by atoms with E-state index >= 15 is 0 Å². The summed E-state index contributed by atoms with van der Waals surface area (Å²) >= 11 is 5.98. The van der Waals surface area contributed by atoms with Gasteiger partial charge in [-0.05, 0) is 45.8 Å². The Kier molecular flexibility index (Phi) is 2.01. The van der Waals surface area contributed by atoms with Crippen LogP contribution in [0.25, 0.3) is 21.5 Å². The average molecular weight is 228 g/mol. The Morgan fingerprint density at radius 2 is 1.50 bits per heavy atom.